The van der Waals surface area contributed by atoms with Crippen LogP contribution in [-0.4, -0.2) is 54.0 Å². The molecule has 156 valence electrons. The van der Waals surface area contributed by atoms with Crippen LogP contribution >= 0.6 is 0 Å². The van der Waals surface area contributed by atoms with E-state index in [4.69, 9.17) is 5.26 Å². The number of rotatable bonds is 7. The maximum atomic E-state index is 9.22. The van der Waals surface area contributed by atoms with Crippen molar-refractivity contribution in [1.29, 1.82) is 5.26 Å². The topological polar surface area (TPSA) is 106 Å². The van der Waals surface area contributed by atoms with Crippen LogP contribution in [-0.2, 0) is 14.6 Å². The molecule has 0 fully saturated rings. The van der Waals surface area contributed by atoms with E-state index in [9.17, 15) is 13.0 Å². The van der Waals surface area contributed by atoms with E-state index in [1.54, 1.807) is 0 Å². The first kappa shape index (κ1) is 24.3. The molecule has 0 N–H and O–H groups in total. The molecule has 0 aliphatic rings. The summed E-state index contributed by atoms with van der Waals surface area (Å²) in [5, 5.41) is 15.2. The van der Waals surface area contributed by atoms with Crippen LogP contribution in [0.1, 0.15) is 12.0 Å². The van der Waals surface area contributed by atoms with Crippen LogP contribution in [0.2, 0.25) is 0 Å². The van der Waals surface area contributed by atoms with Crippen molar-refractivity contribution < 1.29 is 17.2 Å². The summed E-state index contributed by atoms with van der Waals surface area (Å²) < 4.78 is 31.8. The molecule has 9 heteroatoms. The summed E-state index contributed by atoms with van der Waals surface area (Å²) in [6, 6.07) is 20.4. The van der Waals surface area contributed by atoms with Crippen molar-refractivity contribution in [3.63, 3.8) is 0 Å². The largest absolute Gasteiger partial charge is 0.726 e. The lowest BCUT2D eigenvalue weighted by Gasteiger charge is -2.23. The number of hydrogen-bond donors (Lipinski definition) is 0. The van der Waals surface area contributed by atoms with Gasteiger partial charge in [-0.25, -0.2) is 8.42 Å². The Bertz CT molecular complexity index is 916. The van der Waals surface area contributed by atoms with E-state index >= 15 is 0 Å². The predicted octanol–water partition coefficient (Wildman–Crippen LogP) is 2.73. The number of hydrogen-bond acceptors (Lipinski definition) is 7. The van der Waals surface area contributed by atoms with Gasteiger partial charge in [0.25, 0.3) is 0 Å². The van der Waals surface area contributed by atoms with Crippen LogP contribution in [0.25, 0.3) is 0 Å². The summed E-state index contributed by atoms with van der Waals surface area (Å²) >= 11 is 0. The number of hydrazone groups is 1. The van der Waals surface area contributed by atoms with E-state index in [1.165, 1.54) is 5.69 Å². The fourth-order valence-electron chi connectivity index (χ4n) is 2.15. The Balaban J connectivity index is 0.000000612. The third-order valence-electron chi connectivity index (χ3n) is 3.71. The van der Waals surface area contributed by atoms with E-state index in [-0.39, 0.29) is 0 Å². The fraction of sp³-hybridized carbons (Fsp3) is 0.300. The monoisotopic (exact) mass is 418 g/mol. The number of para-hydroxylation sites is 1. The van der Waals surface area contributed by atoms with Gasteiger partial charge in [0.2, 0.25) is 10.4 Å². The molecule has 0 amide bonds. The second-order valence-corrected chi connectivity index (χ2v) is 7.94. The van der Waals surface area contributed by atoms with Crippen LogP contribution in [0.5, 0.6) is 0 Å². The molecule has 0 atom stereocenters. The van der Waals surface area contributed by atoms with Crippen molar-refractivity contribution >= 4 is 28.0 Å². The summed E-state index contributed by atoms with van der Waals surface area (Å²) in [5.41, 5.74) is 3.27. The van der Waals surface area contributed by atoms with Crippen LogP contribution in [0.4, 0.5) is 11.4 Å². The van der Waals surface area contributed by atoms with Gasteiger partial charge in [0.15, 0.2) is 0 Å². The predicted molar refractivity (Wildman–Crippen MR) is 114 cm³/mol. The quantitative estimate of drug-likeness (QED) is 0.225. The summed E-state index contributed by atoms with van der Waals surface area (Å²) in [6.07, 6.45) is 2.27. The average molecular weight is 419 g/mol. The lowest BCUT2D eigenvalue weighted by molar-refractivity contribution is 0.314. The van der Waals surface area contributed by atoms with Crippen LogP contribution < -0.4 is 9.49 Å². The van der Waals surface area contributed by atoms with Crippen molar-refractivity contribution in [2.45, 2.75) is 6.42 Å². The Morgan fingerprint density at radius 3 is 2.14 bits per heavy atom. The van der Waals surface area contributed by atoms with Gasteiger partial charge in [-0.1, -0.05) is 18.2 Å². The minimum absolute atomic E-state index is 0.437. The van der Waals surface area contributed by atoms with E-state index < -0.39 is 10.4 Å². The molecule has 0 bridgehead atoms. The SMILES string of the molecule is COS(=O)(=O)[O-].C[N+](C)(C)c1ccc(/C=N\N(CCC#N)c2ccccc2)cc1. The molecular formula is C20H26N4O4S. The first-order valence-electron chi connectivity index (χ1n) is 8.74. The molecule has 0 aliphatic heterocycles. The van der Waals surface area contributed by atoms with Gasteiger partial charge in [0, 0.05) is 0 Å². The van der Waals surface area contributed by atoms with E-state index in [0.717, 1.165) is 22.8 Å². The Hall–Kier alpha value is -2.77. The molecule has 0 saturated carbocycles. The lowest BCUT2D eigenvalue weighted by Crippen LogP contribution is -2.34. The van der Waals surface area contributed by atoms with Gasteiger partial charge in [0.05, 0.1) is 59.2 Å². The molecule has 0 unspecified atom stereocenters. The zero-order valence-corrected chi connectivity index (χ0v) is 17.8. The van der Waals surface area contributed by atoms with Crippen LogP contribution in [0, 0.1) is 11.3 Å². The minimum atomic E-state index is -4.41. The Kier molecular flexibility index (Phi) is 9.44. The van der Waals surface area contributed by atoms with Crippen molar-refractivity contribution in [3.8, 4) is 6.07 Å². The van der Waals surface area contributed by atoms with Gasteiger partial charge < -0.3 is 4.55 Å². The zero-order valence-electron chi connectivity index (χ0n) is 17.0. The molecule has 0 radical (unpaired) electrons. The molecular weight excluding hydrogens is 392 g/mol. The van der Waals surface area contributed by atoms with Crippen molar-refractivity contribution in [2.24, 2.45) is 5.10 Å². The first-order chi connectivity index (χ1) is 13.6. The van der Waals surface area contributed by atoms with E-state index in [2.05, 4.69) is 60.8 Å². The molecule has 2 aromatic carbocycles. The highest BCUT2D eigenvalue weighted by Gasteiger charge is 2.10. The van der Waals surface area contributed by atoms with Crippen molar-refractivity contribution in [1.82, 2.24) is 4.48 Å². The standard InChI is InChI=1S/C19H23N4.CH4O4S/c1-23(2,3)19-12-10-17(11-13-19)16-21-22(15-7-14-20)18-8-5-4-6-9-18;1-5-6(2,3)4/h4-6,8-13,16H,7,15H2,1-3H3;1H3,(H,2,3,4)/q+1;/p-1/b21-16-;. The molecule has 8 nitrogen and oxygen atoms in total. The highest BCUT2D eigenvalue weighted by molar-refractivity contribution is 7.80. The van der Waals surface area contributed by atoms with E-state index in [1.807, 2.05) is 41.6 Å². The highest BCUT2D eigenvalue weighted by Crippen LogP contribution is 2.17. The Labute approximate surface area is 172 Å². The third kappa shape index (κ3) is 9.82. The van der Waals surface area contributed by atoms with Crippen molar-refractivity contribution in [3.05, 3.63) is 60.2 Å². The molecule has 0 saturated heterocycles. The van der Waals surface area contributed by atoms with Gasteiger partial charge >= 0.3 is 0 Å². The van der Waals surface area contributed by atoms with Gasteiger partial charge in [-0.2, -0.15) is 10.4 Å². The number of anilines is 1. The number of nitrogens with zero attached hydrogens (tertiary/aromatic N) is 4. The van der Waals surface area contributed by atoms with Gasteiger partial charge in [-0.3, -0.25) is 13.7 Å². The molecule has 2 rings (SSSR count). The minimum Gasteiger partial charge on any atom is -0.726 e. The summed E-state index contributed by atoms with van der Waals surface area (Å²) in [6.45, 7) is 0.577. The number of nitriles is 1. The summed E-state index contributed by atoms with van der Waals surface area (Å²) in [4.78, 5) is 0. The zero-order chi connectivity index (χ0) is 21.9. The fourth-order valence-corrected chi connectivity index (χ4v) is 2.15. The van der Waals surface area contributed by atoms with Crippen LogP contribution in [0.15, 0.2) is 59.7 Å². The molecule has 2 aromatic rings. The normalized spacial score (nSPS) is 11.4. The molecule has 0 aromatic heterocycles. The average Bonchev–Trinajstić information content (AvgIpc) is 2.68. The lowest BCUT2D eigenvalue weighted by atomic mass is 10.2. The molecule has 0 heterocycles. The summed E-state index contributed by atoms with van der Waals surface area (Å²) in [7, 11) is 2.82. The van der Waals surface area contributed by atoms with Crippen molar-refractivity contribution in [2.75, 3.05) is 39.8 Å². The summed E-state index contributed by atoms with van der Waals surface area (Å²) in [5.74, 6) is 0. The van der Waals surface area contributed by atoms with Crippen LogP contribution in [0.3, 0.4) is 0 Å². The van der Waals surface area contributed by atoms with Gasteiger partial charge in [-0.15, -0.1) is 0 Å². The van der Waals surface area contributed by atoms with Gasteiger partial charge in [0.1, 0.15) is 5.69 Å². The Morgan fingerprint density at radius 1 is 1.14 bits per heavy atom. The maximum Gasteiger partial charge on any atom is 0.217 e. The molecule has 0 aliphatic carbocycles. The number of benzene rings is 2. The smallest absolute Gasteiger partial charge is 0.217 e. The highest BCUT2D eigenvalue weighted by atomic mass is 32.3. The second-order valence-electron chi connectivity index (χ2n) is 6.79. The Morgan fingerprint density at radius 2 is 1.69 bits per heavy atom. The molecule has 0 spiro atoms. The van der Waals surface area contributed by atoms with E-state index in [0.29, 0.717) is 13.0 Å². The maximum absolute atomic E-state index is 9.22. The number of quaternary nitrogens is 1. The third-order valence-corrected chi connectivity index (χ3v) is 4.12. The first-order valence-corrected chi connectivity index (χ1v) is 10.1. The second kappa shape index (κ2) is 11.3. The van der Waals surface area contributed by atoms with Gasteiger partial charge in [-0.05, 0) is 42.0 Å². The molecule has 29 heavy (non-hydrogen) atoms.